The highest BCUT2D eigenvalue weighted by molar-refractivity contribution is 7.98. The third-order valence-electron chi connectivity index (χ3n) is 2.48. The number of halogens is 3. The van der Waals surface area contributed by atoms with Gasteiger partial charge in [0.05, 0.1) is 16.7 Å². The van der Waals surface area contributed by atoms with Crippen LogP contribution >= 0.6 is 46.8 Å². The Balaban J connectivity index is 2.66. The van der Waals surface area contributed by atoms with Gasteiger partial charge in [-0.2, -0.15) is 0 Å². The molecule has 0 saturated carbocycles. The molecule has 0 fully saturated rings. The van der Waals surface area contributed by atoms with Crippen molar-refractivity contribution in [2.24, 2.45) is 7.05 Å². The summed E-state index contributed by atoms with van der Waals surface area (Å²) in [6.07, 6.45) is 0. The lowest BCUT2D eigenvalue weighted by Gasteiger charge is -2.14. The standard InChI is InChI=1S/C11H9Cl3N2O2S/c1-15-9(17)7-4-2-3-5-8(7)16(10(15)18)19-6-11(12,13)14/h2-5H,6H2,1H3. The zero-order valence-corrected chi connectivity index (χ0v) is 12.9. The van der Waals surface area contributed by atoms with E-state index in [1.54, 1.807) is 24.3 Å². The van der Waals surface area contributed by atoms with E-state index in [1.807, 2.05) is 0 Å². The number of hydrogen-bond acceptors (Lipinski definition) is 3. The van der Waals surface area contributed by atoms with Crippen LogP contribution in [-0.4, -0.2) is 18.1 Å². The number of alkyl halides is 3. The highest BCUT2D eigenvalue weighted by Crippen LogP contribution is 2.30. The van der Waals surface area contributed by atoms with Crippen molar-refractivity contribution in [2.75, 3.05) is 5.75 Å². The van der Waals surface area contributed by atoms with Crippen molar-refractivity contribution in [3.63, 3.8) is 0 Å². The molecule has 0 aliphatic rings. The molecule has 1 heterocycles. The summed E-state index contributed by atoms with van der Waals surface area (Å²) in [7, 11) is 1.42. The van der Waals surface area contributed by atoms with E-state index in [9.17, 15) is 9.59 Å². The third-order valence-corrected chi connectivity index (χ3v) is 4.53. The van der Waals surface area contributed by atoms with Crippen molar-refractivity contribution in [1.82, 2.24) is 8.54 Å². The predicted molar refractivity (Wildman–Crippen MR) is 81.6 cm³/mol. The Bertz CT molecular complexity index is 733. The van der Waals surface area contributed by atoms with Gasteiger partial charge in [-0.25, -0.2) is 8.77 Å². The van der Waals surface area contributed by atoms with Gasteiger partial charge in [0.1, 0.15) is 0 Å². The summed E-state index contributed by atoms with van der Waals surface area (Å²) >= 11 is 18.1. The van der Waals surface area contributed by atoms with Crippen LogP contribution in [0.15, 0.2) is 33.9 Å². The van der Waals surface area contributed by atoms with Crippen LogP contribution < -0.4 is 11.2 Å². The van der Waals surface area contributed by atoms with Crippen molar-refractivity contribution in [1.29, 1.82) is 0 Å². The normalized spacial score (nSPS) is 12.0. The number of hydrogen-bond donors (Lipinski definition) is 0. The highest BCUT2D eigenvalue weighted by atomic mass is 35.6. The fourth-order valence-electron chi connectivity index (χ4n) is 1.60. The van der Waals surface area contributed by atoms with Gasteiger partial charge >= 0.3 is 5.69 Å². The summed E-state index contributed by atoms with van der Waals surface area (Å²) in [6.45, 7) is 0. The molecule has 19 heavy (non-hydrogen) atoms. The van der Waals surface area contributed by atoms with Gasteiger partial charge in [-0.1, -0.05) is 46.9 Å². The van der Waals surface area contributed by atoms with Gasteiger partial charge in [-0.15, -0.1) is 0 Å². The molecule has 0 saturated heterocycles. The Morgan fingerprint density at radius 2 is 1.84 bits per heavy atom. The van der Waals surface area contributed by atoms with Gasteiger partial charge in [-0.3, -0.25) is 9.36 Å². The van der Waals surface area contributed by atoms with Crippen LogP contribution in [0.5, 0.6) is 0 Å². The van der Waals surface area contributed by atoms with Gasteiger partial charge < -0.3 is 0 Å². The zero-order valence-electron chi connectivity index (χ0n) is 9.77. The molecule has 0 N–H and O–H groups in total. The summed E-state index contributed by atoms with van der Waals surface area (Å²) in [5, 5.41) is 0.446. The number of rotatable bonds is 2. The quantitative estimate of drug-likeness (QED) is 0.790. The summed E-state index contributed by atoms with van der Waals surface area (Å²) in [5.41, 5.74) is -0.288. The smallest absolute Gasteiger partial charge is 0.268 e. The molecule has 0 bridgehead atoms. The van der Waals surface area contributed by atoms with Crippen molar-refractivity contribution in [3.8, 4) is 0 Å². The number of para-hydroxylation sites is 1. The lowest BCUT2D eigenvalue weighted by Crippen LogP contribution is -2.36. The van der Waals surface area contributed by atoms with Crippen LogP contribution in [0.3, 0.4) is 0 Å². The van der Waals surface area contributed by atoms with E-state index in [2.05, 4.69) is 0 Å². The van der Waals surface area contributed by atoms with Crippen molar-refractivity contribution >= 4 is 57.7 Å². The molecule has 1 aromatic carbocycles. The molecular formula is C11H9Cl3N2O2S. The minimum Gasteiger partial charge on any atom is -0.268 e. The molecule has 0 unspecified atom stereocenters. The maximum atomic E-state index is 12.1. The van der Waals surface area contributed by atoms with E-state index < -0.39 is 9.48 Å². The van der Waals surface area contributed by atoms with Gasteiger partial charge in [0.15, 0.2) is 0 Å². The highest BCUT2D eigenvalue weighted by Gasteiger charge is 2.21. The summed E-state index contributed by atoms with van der Waals surface area (Å²) in [5.74, 6) is 0.0970. The average Bonchev–Trinajstić information content (AvgIpc) is 2.35. The number of aromatic nitrogens is 2. The van der Waals surface area contributed by atoms with E-state index in [1.165, 1.54) is 11.0 Å². The Morgan fingerprint density at radius 1 is 1.21 bits per heavy atom. The second kappa shape index (κ2) is 5.40. The van der Waals surface area contributed by atoms with Crippen LogP contribution in [0.2, 0.25) is 0 Å². The second-order valence-electron chi connectivity index (χ2n) is 3.85. The van der Waals surface area contributed by atoms with E-state index in [0.29, 0.717) is 10.9 Å². The molecule has 102 valence electrons. The van der Waals surface area contributed by atoms with Crippen LogP contribution in [-0.2, 0) is 7.05 Å². The van der Waals surface area contributed by atoms with E-state index in [-0.39, 0.29) is 11.3 Å². The van der Waals surface area contributed by atoms with Crippen molar-refractivity contribution in [3.05, 3.63) is 45.1 Å². The van der Waals surface area contributed by atoms with Crippen LogP contribution in [0.1, 0.15) is 0 Å². The Hall–Kier alpha value is -0.620. The lowest BCUT2D eigenvalue weighted by molar-refractivity contribution is 0.780. The molecule has 2 aromatic rings. The van der Waals surface area contributed by atoms with Gasteiger partial charge in [0, 0.05) is 7.05 Å². The summed E-state index contributed by atoms with van der Waals surface area (Å²) in [4.78, 5) is 24.1. The third kappa shape index (κ3) is 3.11. The fourth-order valence-corrected chi connectivity index (χ4v) is 2.85. The number of nitrogens with zero attached hydrogens (tertiary/aromatic N) is 2. The van der Waals surface area contributed by atoms with Crippen molar-refractivity contribution < 1.29 is 0 Å². The maximum absolute atomic E-state index is 12.1. The molecule has 0 aliphatic carbocycles. The molecule has 0 atom stereocenters. The van der Waals surface area contributed by atoms with E-state index in [4.69, 9.17) is 34.8 Å². The largest absolute Gasteiger partial charge is 0.341 e. The minimum absolute atomic E-state index is 0.0970. The van der Waals surface area contributed by atoms with Gasteiger partial charge in [-0.05, 0) is 24.1 Å². The number of benzene rings is 1. The molecule has 0 radical (unpaired) electrons. The first-order valence-electron chi connectivity index (χ1n) is 5.22. The molecule has 4 nitrogen and oxygen atoms in total. The van der Waals surface area contributed by atoms with Gasteiger partial charge in [0.2, 0.25) is 3.79 Å². The van der Waals surface area contributed by atoms with Crippen molar-refractivity contribution in [2.45, 2.75) is 3.79 Å². The monoisotopic (exact) mass is 338 g/mol. The first-order valence-corrected chi connectivity index (χ1v) is 7.30. The van der Waals surface area contributed by atoms with Crippen LogP contribution in [0.4, 0.5) is 0 Å². The predicted octanol–water partition coefficient (Wildman–Crippen LogP) is 2.57. The average molecular weight is 340 g/mol. The van der Waals surface area contributed by atoms with Gasteiger partial charge in [0.25, 0.3) is 5.56 Å². The van der Waals surface area contributed by atoms with E-state index in [0.717, 1.165) is 16.5 Å². The molecular weight excluding hydrogens is 331 g/mol. The molecule has 2 rings (SSSR count). The Labute approximate surface area is 128 Å². The Morgan fingerprint density at radius 3 is 2.47 bits per heavy atom. The molecule has 1 aromatic heterocycles. The first kappa shape index (κ1) is 14.8. The molecule has 0 spiro atoms. The molecule has 0 aliphatic heterocycles. The summed E-state index contributed by atoms with van der Waals surface area (Å²) < 4.78 is 0.923. The fraction of sp³-hybridized carbons (Fsp3) is 0.273. The lowest BCUT2D eigenvalue weighted by atomic mass is 10.2. The second-order valence-corrected chi connectivity index (χ2v) is 7.27. The molecule has 8 heteroatoms. The van der Waals surface area contributed by atoms with E-state index >= 15 is 0 Å². The topological polar surface area (TPSA) is 44.0 Å². The van der Waals surface area contributed by atoms with Crippen LogP contribution in [0, 0.1) is 0 Å². The summed E-state index contributed by atoms with van der Waals surface area (Å²) in [6, 6.07) is 6.82. The minimum atomic E-state index is -1.47. The maximum Gasteiger partial charge on any atom is 0.341 e. The SMILES string of the molecule is Cn1c(=O)c2ccccc2n(SCC(Cl)(Cl)Cl)c1=O. The van der Waals surface area contributed by atoms with Crippen LogP contribution in [0.25, 0.3) is 10.9 Å². The zero-order chi connectivity index (χ0) is 14.2. The molecule has 0 amide bonds. The first-order chi connectivity index (χ1) is 8.81. The number of fused-ring (bicyclic) bond motifs is 1. The Kier molecular flexibility index (Phi) is 4.20.